The zero-order chi connectivity index (χ0) is 21.3. The highest BCUT2D eigenvalue weighted by Gasteiger charge is 2.25. The first kappa shape index (κ1) is 18.1. The van der Waals surface area contributed by atoms with Crippen molar-refractivity contribution in [3.05, 3.63) is 89.6 Å². The van der Waals surface area contributed by atoms with Crippen LogP contribution in [0.1, 0.15) is 16.7 Å². The fourth-order valence-corrected chi connectivity index (χ4v) is 5.23. The van der Waals surface area contributed by atoms with E-state index in [0.29, 0.717) is 0 Å². The summed E-state index contributed by atoms with van der Waals surface area (Å²) in [4.78, 5) is 4.88. The van der Waals surface area contributed by atoms with Crippen LogP contribution in [0.4, 0.5) is 0 Å². The summed E-state index contributed by atoms with van der Waals surface area (Å²) in [5, 5.41) is 2.40. The van der Waals surface area contributed by atoms with Gasteiger partial charge in [0, 0.05) is 11.6 Å². The van der Waals surface area contributed by atoms with E-state index in [2.05, 4.69) is 104 Å². The Kier molecular flexibility index (Phi) is 3.73. The standard InChI is InChI=1S/C28H24N3/c1-17-8-7-9-18(2)25(17)20-12-13-22-21(16-20)27-26(19(3)14-15-29-27)28-30(4)23-10-5-6-11-24(23)31(22)28/h5-16H,1-4H3/q+1. The molecule has 0 spiro atoms. The molecule has 0 aliphatic rings. The average molecular weight is 403 g/mol. The summed E-state index contributed by atoms with van der Waals surface area (Å²) in [5.41, 5.74) is 12.3. The van der Waals surface area contributed by atoms with Crippen molar-refractivity contribution in [2.24, 2.45) is 7.05 Å². The third-order valence-electron chi connectivity index (χ3n) is 6.66. The van der Waals surface area contributed by atoms with E-state index >= 15 is 0 Å². The van der Waals surface area contributed by atoms with E-state index in [9.17, 15) is 0 Å². The maximum absolute atomic E-state index is 4.88. The lowest BCUT2D eigenvalue weighted by molar-refractivity contribution is -0.617. The number of pyridine rings is 2. The highest BCUT2D eigenvalue weighted by molar-refractivity contribution is 6.12. The number of nitrogens with zero attached hydrogens (tertiary/aromatic N) is 3. The van der Waals surface area contributed by atoms with Crippen LogP contribution < -0.4 is 4.57 Å². The molecule has 3 aromatic heterocycles. The molecule has 6 rings (SSSR count). The highest BCUT2D eigenvalue weighted by atomic mass is 15.1. The monoisotopic (exact) mass is 402 g/mol. The minimum atomic E-state index is 1.06. The van der Waals surface area contributed by atoms with Crippen molar-refractivity contribution in [1.82, 2.24) is 9.38 Å². The molecule has 31 heavy (non-hydrogen) atoms. The number of benzene rings is 3. The average Bonchev–Trinajstić information content (AvgIpc) is 3.07. The van der Waals surface area contributed by atoms with Crippen LogP contribution in [0.25, 0.3) is 49.6 Å². The van der Waals surface area contributed by atoms with Crippen LogP contribution in [-0.4, -0.2) is 9.38 Å². The third kappa shape index (κ3) is 2.40. The van der Waals surface area contributed by atoms with Crippen molar-refractivity contribution >= 4 is 38.5 Å². The number of imidazole rings is 1. The molecule has 6 aromatic rings. The number of aryl methyl sites for hydroxylation is 4. The van der Waals surface area contributed by atoms with Crippen molar-refractivity contribution in [1.29, 1.82) is 0 Å². The summed E-state index contributed by atoms with van der Waals surface area (Å²) in [6, 6.07) is 24.1. The van der Waals surface area contributed by atoms with Gasteiger partial charge in [-0.2, -0.15) is 4.40 Å². The molecule has 0 aliphatic carbocycles. The molecule has 0 bridgehead atoms. The van der Waals surface area contributed by atoms with Gasteiger partial charge in [0.05, 0.1) is 18.0 Å². The normalized spacial score (nSPS) is 11.9. The quantitative estimate of drug-likeness (QED) is 0.237. The molecule has 3 heteroatoms. The van der Waals surface area contributed by atoms with Gasteiger partial charge in [-0.05, 0) is 78.9 Å². The first-order valence-electron chi connectivity index (χ1n) is 10.7. The predicted octanol–water partition coefficient (Wildman–Crippen LogP) is 6.21. The van der Waals surface area contributed by atoms with Gasteiger partial charge in [-0.15, -0.1) is 0 Å². The van der Waals surface area contributed by atoms with E-state index in [1.54, 1.807) is 0 Å². The van der Waals surface area contributed by atoms with Gasteiger partial charge in [-0.3, -0.25) is 4.98 Å². The van der Waals surface area contributed by atoms with Gasteiger partial charge < -0.3 is 0 Å². The predicted molar refractivity (Wildman–Crippen MR) is 129 cm³/mol. The number of hydrogen-bond donors (Lipinski definition) is 0. The van der Waals surface area contributed by atoms with E-state index in [1.165, 1.54) is 60.8 Å². The molecule has 3 aromatic carbocycles. The van der Waals surface area contributed by atoms with E-state index in [0.717, 1.165) is 5.52 Å². The molecular weight excluding hydrogens is 378 g/mol. The maximum atomic E-state index is 4.88. The topological polar surface area (TPSA) is 21.2 Å². The van der Waals surface area contributed by atoms with Crippen molar-refractivity contribution in [2.45, 2.75) is 20.8 Å². The van der Waals surface area contributed by atoms with Gasteiger partial charge in [0.1, 0.15) is 5.52 Å². The van der Waals surface area contributed by atoms with E-state index in [4.69, 9.17) is 4.98 Å². The summed E-state index contributed by atoms with van der Waals surface area (Å²) in [6.07, 6.45) is 1.93. The second-order valence-corrected chi connectivity index (χ2v) is 8.56. The maximum Gasteiger partial charge on any atom is 0.297 e. The molecule has 0 N–H and O–H groups in total. The lowest BCUT2D eigenvalue weighted by Crippen LogP contribution is -2.27. The number of rotatable bonds is 1. The molecule has 150 valence electrons. The lowest BCUT2D eigenvalue weighted by atomic mass is 9.94. The van der Waals surface area contributed by atoms with Gasteiger partial charge in [0.15, 0.2) is 11.0 Å². The molecule has 3 heterocycles. The van der Waals surface area contributed by atoms with Crippen molar-refractivity contribution in [2.75, 3.05) is 0 Å². The zero-order valence-corrected chi connectivity index (χ0v) is 18.3. The summed E-state index contributed by atoms with van der Waals surface area (Å²) in [6.45, 7) is 6.56. The Bertz CT molecular complexity index is 1650. The molecular formula is C28H24N3+. The Morgan fingerprint density at radius 1 is 0.774 bits per heavy atom. The van der Waals surface area contributed by atoms with Crippen LogP contribution >= 0.6 is 0 Å². The molecule has 0 unspecified atom stereocenters. The van der Waals surface area contributed by atoms with Gasteiger partial charge in [0.2, 0.25) is 0 Å². The van der Waals surface area contributed by atoms with Crippen LogP contribution in [0.15, 0.2) is 72.9 Å². The minimum Gasteiger partial charge on any atom is -0.255 e. The van der Waals surface area contributed by atoms with Crippen LogP contribution in [0, 0.1) is 20.8 Å². The van der Waals surface area contributed by atoms with Gasteiger partial charge in [0.25, 0.3) is 5.65 Å². The Morgan fingerprint density at radius 2 is 1.55 bits per heavy atom. The molecule has 0 amide bonds. The van der Waals surface area contributed by atoms with Gasteiger partial charge in [-0.25, -0.2) is 4.57 Å². The second kappa shape index (κ2) is 6.39. The number of fused-ring (bicyclic) bond motifs is 8. The lowest BCUT2D eigenvalue weighted by Gasteiger charge is -2.12. The molecule has 0 atom stereocenters. The summed E-state index contributed by atoms with van der Waals surface area (Å²) in [7, 11) is 2.15. The number of para-hydroxylation sites is 2. The summed E-state index contributed by atoms with van der Waals surface area (Å²) >= 11 is 0. The highest BCUT2D eigenvalue weighted by Crippen LogP contribution is 2.35. The van der Waals surface area contributed by atoms with Crippen LogP contribution in [-0.2, 0) is 7.05 Å². The molecule has 0 saturated carbocycles. The number of hydrogen-bond acceptors (Lipinski definition) is 1. The van der Waals surface area contributed by atoms with Crippen LogP contribution in [0.3, 0.4) is 0 Å². The third-order valence-corrected chi connectivity index (χ3v) is 6.66. The van der Waals surface area contributed by atoms with Crippen LogP contribution in [0.5, 0.6) is 0 Å². The molecule has 3 nitrogen and oxygen atoms in total. The second-order valence-electron chi connectivity index (χ2n) is 8.56. The Morgan fingerprint density at radius 3 is 2.35 bits per heavy atom. The van der Waals surface area contributed by atoms with Crippen molar-refractivity contribution < 1.29 is 4.57 Å². The van der Waals surface area contributed by atoms with E-state index < -0.39 is 0 Å². The number of aromatic nitrogens is 3. The minimum absolute atomic E-state index is 1.06. The summed E-state index contributed by atoms with van der Waals surface area (Å²) in [5.74, 6) is 0. The SMILES string of the molecule is Cc1cccc(C)c1-c1ccc2c(c1)c1nccc(C)c1c1n2c2ccccc2[n+]1C. The Balaban J connectivity index is 1.88. The van der Waals surface area contributed by atoms with E-state index in [-0.39, 0.29) is 0 Å². The Labute approximate surface area is 181 Å². The van der Waals surface area contributed by atoms with Crippen molar-refractivity contribution in [3.8, 4) is 11.1 Å². The summed E-state index contributed by atoms with van der Waals surface area (Å²) < 4.78 is 4.70. The van der Waals surface area contributed by atoms with Gasteiger partial charge in [-0.1, -0.05) is 36.4 Å². The fraction of sp³-hybridized carbons (Fsp3) is 0.143. The first-order valence-corrected chi connectivity index (χ1v) is 10.7. The first-order chi connectivity index (χ1) is 15.1. The smallest absolute Gasteiger partial charge is 0.255 e. The molecule has 0 saturated heterocycles. The Hall–Kier alpha value is -3.72. The van der Waals surface area contributed by atoms with Crippen LogP contribution in [0.2, 0.25) is 0 Å². The zero-order valence-electron chi connectivity index (χ0n) is 18.3. The molecule has 0 radical (unpaired) electrons. The molecule has 0 fully saturated rings. The van der Waals surface area contributed by atoms with Crippen molar-refractivity contribution in [3.63, 3.8) is 0 Å². The fourth-order valence-electron chi connectivity index (χ4n) is 5.23. The van der Waals surface area contributed by atoms with E-state index in [1.807, 2.05) is 6.20 Å². The van der Waals surface area contributed by atoms with Gasteiger partial charge >= 0.3 is 0 Å². The molecule has 0 aliphatic heterocycles. The largest absolute Gasteiger partial charge is 0.297 e.